The van der Waals surface area contributed by atoms with Crippen molar-refractivity contribution in [3.63, 3.8) is 0 Å². The molecule has 3 amide bonds. The molecule has 4 aromatic rings. The van der Waals surface area contributed by atoms with Crippen molar-refractivity contribution < 1.29 is 19.1 Å². The van der Waals surface area contributed by atoms with Gasteiger partial charge in [-0.25, -0.2) is 9.59 Å². The van der Waals surface area contributed by atoms with Crippen molar-refractivity contribution in [2.24, 2.45) is 0 Å². The van der Waals surface area contributed by atoms with Gasteiger partial charge in [0.25, 0.3) is 0 Å². The molecule has 246 valence electrons. The number of urea groups is 1. The molecule has 0 saturated heterocycles. The minimum Gasteiger partial charge on any atom is -0.497 e. The Morgan fingerprint density at radius 3 is 1.81 bits per heavy atom. The second kappa shape index (κ2) is 15.6. The standard InChI is InChI=1S/C39H46N4O4/c1-39(2,3)47-38(45)43(35-8-6-5-7-9-35)28-30-12-16-33(17-13-30)32-14-10-29(11-15-32)26-42(27-31-22-24-40-25-23-31)37(44)41-34-18-20-36(46-4)21-19-34/h10-25,35H,5-9,26-28H2,1-4H3,(H,41,44). The lowest BCUT2D eigenvalue weighted by molar-refractivity contribution is 0.00988. The Kier molecular flexibility index (Phi) is 11.1. The molecular weight excluding hydrogens is 588 g/mol. The highest BCUT2D eigenvalue weighted by Gasteiger charge is 2.29. The molecule has 5 rings (SSSR count). The fourth-order valence-corrected chi connectivity index (χ4v) is 5.86. The van der Waals surface area contributed by atoms with E-state index in [9.17, 15) is 9.59 Å². The van der Waals surface area contributed by atoms with Gasteiger partial charge in [-0.3, -0.25) is 4.98 Å². The zero-order chi connectivity index (χ0) is 33.2. The predicted molar refractivity (Wildman–Crippen MR) is 186 cm³/mol. The lowest BCUT2D eigenvalue weighted by atomic mass is 9.94. The third-order valence-corrected chi connectivity index (χ3v) is 8.36. The first-order chi connectivity index (χ1) is 22.7. The number of pyridine rings is 1. The Bertz CT molecular complexity index is 1580. The van der Waals surface area contributed by atoms with Crippen LogP contribution in [0.1, 0.15) is 69.6 Å². The largest absolute Gasteiger partial charge is 0.497 e. The summed E-state index contributed by atoms with van der Waals surface area (Å²) in [6.07, 6.45) is 8.80. The molecule has 0 unspecified atom stereocenters. The van der Waals surface area contributed by atoms with Crippen LogP contribution in [0.4, 0.5) is 15.3 Å². The third kappa shape index (κ3) is 9.82. The summed E-state index contributed by atoms with van der Waals surface area (Å²) >= 11 is 0. The first kappa shape index (κ1) is 33.5. The summed E-state index contributed by atoms with van der Waals surface area (Å²) < 4.78 is 11.0. The Hall–Kier alpha value is -4.85. The lowest BCUT2D eigenvalue weighted by Crippen LogP contribution is -2.43. The number of carbonyl (C=O) groups is 2. The summed E-state index contributed by atoms with van der Waals surface area (Å²) in [7, 11) is 1.62. The maximum atomic E-state index is 13.4. The van der Waals surface area contributed by atoms with Crippen molar-refractivity contribution in [2.45, 2.75) is 84.2 Å². The molecule has 1 N–H and O–H groups in total. The average molecular weight is 635 g/mol. The minimum absolute atomic E-state index is 0.194. The molecule has 1 aromatic heterocycles. The van der Waals surface area contributed by atoms with E-state index in [1.807, 2.05) is 62.1 Å². The first-order valence-corrected chi connectivity index (χ1v) is 16.4. The van der Waals surface area contributed by atoms with Gasteiger partial charge >= 0.3 is 12.1 Å². The van der Waals surface area contributed by atoms with Gasteiger partial charge in [-0.05, 0) is 97.8 Å². The summed E-state index contributed by atoms with van der Waals surface area (Å²) in [6, 6.07) is 27.9. The van der Waals surface area contributed by atoms with Crippen molar-refractivity contribution in [1.29, 1.82) is 0 Å². The summed E-state index contributed by atoms with van der Waals surface area (Å²) in [6.45, 7) is 7.16. The topological polar surface area (TPSA) is 84.0 Å². The number of ether oxygens (including phenoxy) is 2. The third-order valence-electron chi connectivity index (χ3n) is 8.36. The number of amides is 3. The number of anilines is 1. The Morgan fingerprint density at radius 1 is 0.745 bits per heavy atom. The van der Waals surface area contributed by atoms with Crippen molar-refractivity contribution >= 4 is 17.8 Å². The smallest absolute Gasteiger partial charge is 0.410 e. The van der Waals surface area contributed by atoms with Crippen molar-refractivity contribution in [3.05, 3.63) is 114 Å². The zero-order valence-electron chi connectivity index (χ0n) is 27.9. The van der Waals surface area contributed by atoms with Gasteiger partial charge in [-0.1, -0.05) is 67.8 Å². The van der Waals surface area contributed by atoms with Gasteiger partial charge in [-0.15, -0.1) is 0 Å². The Labute approximate surface area is 278 Å². The van der Waals surface area contributed by atoms with Crippen molar-refractivity contribution in [3.8, 4) is 16.9 Å². The zero-order valence-corrected chi connectivity index (χ0v) is 27.9. The minimum atomic E-state index is -0.531. The second-order valence-corrected chi connectivity index (χ2v) is 13.2. The molecule has 0 spiro atoms. The van der Waals surface area contributed by atoms with Crippen LogP contribution in [0, 0.1) is 0 Å². The number of nitrogens with zero attached hydrogens (tertiary/aromatic N) is 3. The van der Waals surface area contributed by atoms with Crippen LogP contribution in [0.25, 0.3) is 11.1 Å². The molecule has 0 aliphatic heterocycles. The molecule has 1 aliphatic carbocycles. The Balaban J connectivity index is 1.26. The van der Waals surface area contributed by atoms with E-state index in [-0.39, 0.29) is 18.2 Å². The number of aromatic nitrogens is 1. The van der Waals surface area contributed by atoms with E-state index < -0.39 is 5.60 Å². The quantitative estimate of drug-likeness (QED) is 0.188. The highest BCUT2D eigenvalue weighted by atomic mass is 16.6. The maximum Gasteiger partial charge on any atom is 0.410 e. The molecule has 1 saturated carbocycles. The van der Waals surface area contributed by atoms with E-state index in [4.69, 9.17) is 9.47 Å². The molecule has 0 radical (unpaired) electrons. The molecule has 8 heteroatoms. The SMILES string of the molecule is COc1ccc(NC(=O)N(Cc2ccncc2)Cc2ccc(-c3ccc(CN(C(=O)OC(C)(C)C)C4CCCCC4)cc3)cc2)cc1. The second-order valence-electron chi connectivity index (χ2n) is 13.2. The molecular formula is C39H46N4O4. The molecule has 0 bridgehead atoms. The van der Waals surface area contributed by atoms with E-state index in [1.54, 1.807) is 24.4 Å². The average Bonchev–Trinajstić information content (AvgIpc) is 3.08. The number of methoxy groups -OCH3 is 1. The van der Waals surface area contributed by atoms with Crippen molar-refractivity contribution in [2.75, 3.05) is 12.4 Å². The highest BCUT2D eigenvalue weighted by molar-refractivity contribution is 5.89. The van der Waals surface area contributed by atoms with Gasteiger partial charge in [-0.2, -0.15) is 0 Å². The molecule has 1 fully saturated rings. The van der Waals surface area contributed by atoms with Gasteiger partial charge in [0.2, 0.25) is 0 Å². The number of nitrogens with one attached hydrogen (secondary N) is 1. The van der Waals surface area contributed by atoms with Gasteiger partial charge in [0.1, 0.15) is 11.4 Å². The molecule has 0 atom stereocenters. The number of hydrogen-bond acceptors (Lipinski definition) is 5. The van der Waals surface area contributed by atoms with Crippen LogP contribution in [-0.4, -0.2) is 45.7 Å². The summed E-state index contributed by atoms with van der Waals surface area (Å²) in [4.78, 5) is 34.4. The van der Waals surface area contributed by atoms with Crippen LogP contribution < -0.4 is 10.1 Å². The van der Waals surface area contributed by atoms with Gasteiger partial charge in [0.05, 0.1) is 7.11 Å². The summed E-state index contributed by atoms with van der Waals surface area (Å²) in [5, 5.41) is 3.01. The number of rotatable bonds is 10. The number of hydrogen-bond donors (Lipinski definition) is 1. The van der Waals surface area contributed by atoms with Gasteiger partial charge in [0.15, 0.2) is 0 Å². The van der Waals surface area contributed by atoms with E-state index in [0.29, 0.717) is 25.3 Å². The normalized spacial score (nSPS) is 13.4. The first-order valence-electron chi connectivity index (χ1n) is 16.4. The fraction of sp³-hybridized carbons (Fsp3) is 0.359. The van der Waals surface area contributed by atoms with Gasteiger partial charge < -0.3 is 24.6 Å². The van der Waals surface area contributed by atoms with Crippen LogP contribution >= 0.6 is 0 Å². The highest BCUT2D eigenvalue weighted by Crippen LogP contribution is 2.27. The van der Waals surface area contributed by atoms with E-state index in [0.717, 1.165) is 59.3 Å². The molecule has 1 aliphatic rings. The number of carbonyl (C=O) groups excluding carboxylic acids is 2. The van der Waals surface area contributed by atoms with E-state index in [1.165, 1.54) is 6.42 Å². The van der Waals surface area contributed by atoms with Crippen LogP contribution in [0.5, 0.6) is 5.75 Å². The summed E-state index contributed by atoms with van der Waals surface area (Å²) in [5.74, 6) is 0.730. The van der Waals surface area contributed by atoms with E-state index >= 15 is 0 Å². The Morgan fingerprint density at radius 2 is 1.28 bits per heavy atom. The van der Waals surface area contributed by atoms with Crippen LogP contribution in [-0.2, 0) is 24.4 Å². The van der Waals surface area contributed by atoms with E-state index in [2.05, 4.69) is 58.8 Å². The maximum absolute atomic E-state index is 13.4. The number of benzene rings is 3. The van der Waals surface area contributed by atoms with Gasteiger partial charge in [0, 0.05) is 43.8 Å². The molecule has 1 heterocycles. The monoisotopic (exact) mass is 634 g/mol. The summed E-state index contributed by atoms with van der Waals surface area (Å²) in [5.41, 5.74) is 5.43. The van der Waals surface area contributed by atoms with Crippen LogP contribution in [0.3, 0.4) is 0 Å². The predicted octanol–water partition coefficient (Wildman–Crippen LogP) is 9.06. The van der Waals surface area contributed by atoms with Crippen LogP contribution in [0.15, 0.2) is 97.3 Å². The molecule has 47 heavy (non-hydrogen) atoms. The molecule has 3 aromatic carbocycles. The molecule has 8 nitrogen and oxygen atoms in total. The lowest BCUT2D eigenvalue weighted by Gasteiger charge is -2.35. The van der Waals surface area contributed by atoms with Crippen molar-refractivity contribution in [1.82, 2.24) is 14.8 Å². The van der Waals surface area contributed by atoms with Crippen LogP contribution in [0.2, 0.25) is 0 Å². The fourth-order valence-electron chi connectivity index (χ4n) is 5.86.